The molecular formula is C14H15F2N3. The maximum Gasteiger partial charge on any atom is 0.250 e. The van der Waals surface area contributed by atoms with E-state index in [1.54, 1.807) is 17.1 Å². The fourth-order valence-corrected chi connectivity index (χ4v) is 2.72. The van der Waals surface area contributed by atoms with Crippen LogP contribution in [0.5, 0.6) is 0 Å². The van der Waals surface area contributed by atoms with Crippen molar-refractivity contribution in [1.29, 1.82) is 0 Å². The lowest BCUT2D eigenvalue weighted by Crippen LogP contribution is -2.53. The Morgan fingerprint density at radius 2 is 1.89 bits per heavy atom. The van der Waals surface area contributed by atoms with Gasteiger partial charge in [0, 0.05) is 31.0 Å². The van der Waals surface area contributed by atoms with Gasteiger partial charge in [0.05, 0.1) is 11.9 Å². The van der Waals surface area contributed by atoms with Crippen molar-refractivity contribution in [1.82, 2.24) is 9.78 Å². The number of nitrogens with two attached hydrogens (primary N) is 1. The van der Waals surface area contributed by atoms with Gasteiger partial charge in [0.2, 0.25) is 5.92 Å². The Hall–Kier alpha value is -1.75. The van der Waals surface area contributed by atoms with Gasteiger partial charge in [-0.1, -0.05) is 18.2 Å². The minimum Gasteiger partial charge on any atom is -0.330 e. The van der Waals surface area contributed by atoms with Crippen LogP contribution in [-0.4, -0.2) is 22.2 Å². The molecule has 1 aliphatic carbocycles. The highest BCUT2D eigenvalue weighted by molar-refractivity contribution is 5.34. The van der Waals surface area contributed by atoms with Gasteiger partial charge in [-0.3, -0.25) is 0 Å². The number of halogens is 2. The van der Waals surface area contributed by atoms with Crippen molar-refractivity contribution < 1.29 is 8.78 Å². The second-order valence-electron chi connectivity index (χ2n) is 5.20. The molecule has 0 saturated heterocycles. The van der Waals surface area contributed by atoms with E-state index in [0.717, 1.165) is 11.3 Å². The summed E-state index contributed by atoms with van der Waals surface area (Å²) in [6.45, 7) is 0.225. The van der Waals surface area contributed by atoms with E-state index in [1.807, 2.05) is 30.3 Å². The van der Waals surface area contributed by atoms with Crippen LogP contribution >= 0.6 is 0 Å². The first kappa shape index (κ1) is 12.3. The Kier molecular flexibility index (Phi) is 2.67. The summed E-state index contributed by atoms with van der Waals surface area (Å²) in [6.07, 6.45) is 3.08. The molecule has 0 atom stereocenters. The zero-order valence-corrected chi connectivity index (χ0v) is 10.4. The van der Waals surface area contributed by atoms with E-state index in [4.69, 9.17) is 5.73 Å². The topological polar surface area (TPSA) is 43.8 Å². The maximum absolute atomic E-state index is 13.2. The summed E-state index contributed by atoms with van der Waals surface area (Å²) < 4.78 is 28.0. The highest BCUT2D eigenvalue weighted by Crippen LogP contribution is 2.52. The van der Waals surface area contributed by atoms with E-state index >= 15 is 0 Å². The van der Waals surface area contributed by atoms with Crippen molar-refractivity contribution in [2.45, 2.75) is 24.2 Å². The lowest BCUT2D eigenvalue weighted by Gasteiger charge is -2.46. The van der Waals surface area contributed by atoms with E-state index in [0.29, 0.717) is 0 Å². The first-order valence-electron chi connectivity index (χ1n) is 6.23. The molecule has 1 aromatic heterocycles. The van der Waals surface area contributed by atoms with Crippen LogP contribution in [0.2, 0.25) is 0 Å². The zero-order chi connectivity index (χ0) is 13.5. The number of nitrogens with zero attached hydrogens (tertiary/aromatic N) is 2. The third-order valence-corrected chi connectivity index (χ3v) is 3.80. The standard InChI is InChI=1S/C14H15F2N3/c15-14(16)8-13(9-14,10-17)11-6-18-19(7-11)12-4-2-1-3-5-12/h1-7H,8-10,17H2. The van der Waals surface area contributed by atoms with Crippen molar-refractivity contribution in [2.75, 3.05) is 6.54 Å². The molecule has 3 rings (SSSR count). The van der Waals surface area contributed by atoms with Gasteiger partial charge in [-0.2, -0.15) is 5.10 Å². The highest BCUT2D eigenvalue weighted by atomic mass is 19.3. The summed E-state index contributed by atoms with van der Waals surface area (Å²) in [5.74, 6) is -2.59. The summed E-state index contributed by atoms with van der Waals surface area (Å²) in [6, 6.07) is 9.57. The van der Waals surface area contributed by atoms with Gasteiger partial charge in [0.1, 0.15) is 0 Å². The number of rotatable bonds is 3. The Balaban J connectivity index is 1.90. The molecule has 0 aliphatic heterocycles. The van der Waals surface area contributed by atoms with Crippen molar-refractivity contribution >= 4 is 0 Å². The quantitative estimate of drug-likeness (QED) is 0.924. The molecule has 3 nitrogen and oxygen atoms in total. The SMILES string of the molecule is NCC1(c2cnn(-c3ccccc3)c2)CC(F)(F)C1. The number of hydrogen-bond acceptors (Lipinski definition) is 2. The van der Waals surface area contributed by atoms with Gasteiger partial charge in [-0.05, 0) is 17.7 Å². The molecule has 1 aliphatic rings. The average molecular weight is 263 g/mol. The Morgan fingerprint density at radius 1 is 1.21 bits per heavy atom. The predicted octanol–water partition coefficient (Wildman–Crippen LogP) is 2.50. The van der Waals surface area contributed by atoms with Gasteiger partial charge < -0.3 is 5.73 Å². The number of para-hydroxylation sites is 1. The fraction of sp³-hybridized carbons (Fsp3) is 0.357. The molecule has 2 aromatic rings. The fourth-order valence-electron chi connectivity index (χ4n) is 2.72. The lowest BCUT2D eigenvalue weighted by atomic mass is 9.63. The average Bonchev–Trinajstić information content (AvgIpc) is 2.86. The van der Waals surface area contributed by atoms with Gasteiger partial charge >= 0.3 is 0 Å². The molecule has 5 heteroatoms. The molecule has 0 spiro atoms. The molecule has 0 bridgehead atoms. The molecule has 2 N–H and O–H groups in total. The van der Waals surface area contributed by atoms with Crippen molar-refractivity contribution in [3.05, 3.63) is 48.3 Å². The molecule has 1 heterocycles. The van der Waals surface area contributed by atoms with Crippen LogP contribution in [0.1, 0.15) is 18.4 Å². The minimum atomic E-state index is -2.59. The summed E-state index contributed by atoms with van der Waals surface area (Å²) in [5, 5.41) is 4.25. The third-order valence-electron chi connectivity index (χ3n) is 3.80. The highest BCUT2D eigenvalue weighted by Gasteiger charge is 2.57. The Bertz CT molecular complexity index is 569. The molecule has 0 unspecified atom stereocenters. The molecule has 19 heavy (non-hydrogen) atoms. The molecule has 1 fully saturated rings. The number of hydrogen-bond donors (Lipinski definition) is 1. The van der Waals surface area contributed by atoms with Crippen LogP contribution in [0.4, 0.5) is 8.78 Å². The van der Waals surface area contributed by atoms with Crippen LogP contribution in [0.15, 0.2) is 42.7 Å². The number of benzene rings is 1. The van der Waals surface area contributed by atoms with Gasteiger partial charge in [-0.25, -0.2) is 13.5 Å². The molecule has 0 radical (unpaired) electrons. The Morgan fingerprint density at radius 3 is 2.47 bits per heavy atom. The summed E-state index contributed by atoms with van der Waals surface area (Å²) >= 11 is 0. The summed E-state index contributed by atoms with van der Waals surface area (Å²) in [7, 11) is 0. The van der Waals surface area contributed by atoms with Crippen LogP contribution in [0.3, 0.4) is 0 Å². The van der Waals surface area contributed by atoms with Gasteiger partial charge in [-0.15, -0.1) is 0 Å². The normalized spacial score (nSPS) is 19.9. The molecular weight excluding hydrogens is 248 g/mol. The minimum absolute atomic E-state index is 0.184. The number of alkyl halides is 2. The summed E-state index contributed by atoms with van der Waals surface area (Å²) in [5.41, 5.74) is 6.79. The first-order chi connectivity index (χ1) is 9.05. The van der Waals surface area contributed by atoms with Gasteiger partial charge in [0.25, 0.3) is 0 Å². The van der Waals surface area contributed by atoms with Crippen LogP contribution in [0.25, 0.3) is 5.69 Å². The first-order valence-corrected chi connectivity index (χ1v) is 6.23. The molecule has 0 amide bonds. The van der Waals surface area contributed by atoms with E-state index < -0.39 is 11.3 Å². The molecule has 1 saturated carbocycles. The summed E-state index contributed by atoms with van der Waals surface area (Å²) in [4.78, 5) is 0. The van der Waals surface area contributed by atoms with E-state index in [1.165, 1.54) is 0 Å². The van der Waals surface area contributed by atoms with Crippen molar-refractivity contribution in [3.63, 3.8) is 0 Å². The van der Waals surface area contributed by atoms with Crippen molar-refractivity contribution in [2.24, 2.45) is 5.73 Å². The number of aromatic nitrogens is 2. The van der Waals surface area contributed by atoms with E-state index in [2.05, 4.69) is 5.10 Å². The molecule has 1 aromatic carbocycles. The van der Waals surface area contributed by atoms with Crippen molar-refractivity contribution in [3.8, 4) is 5.69 Å². The second kappa shape index (κ2) is 4.13. The second-order valence-corrected chi connectivity index (χ2v) is 5.20. The van der Waals surface area contributed by atoms with Crippen LogP contribution in [-0.2, 0) is 5.41 Å². The van der Waals surface area contributed by atoms with Crippen LogP contribution < -0.4 is 5.73 Å². The predicted molar refractivity (Wildman–Crippen MR) is 68.5 cm³/mol. The largest absolute Gasteiger partial charge is 0.330 e. The van der Waals surface area contributed by atoms with E-state index in [9.17, 15) is 8.78 Å². The van der Waals surface area contributed by atoms with Gasteiger partial charge in [0.15, 0.2) is 0 Å². The zero-order valence-electron chi connectivity index (χ0n) is 10.4. The Labute approximate surface area is 110 Å². The van der Waals surface area contributed by atoms with E-state index in [-0.39, 0.29) is 19.4 Å². The van der Waals surface area contributed by atoms with Crippen LogP contribution in [0, 0.1) is 0 Å². The molecule has 100 valence electrons. The lowest BCUT2D eigenvalue weighted by molar-refractivity contribution is -0.123. The third kappa shape index (κ3) is 2.04. The monoisotopic (exact) mass is 263 g/mol. The maximum atomic E-state index is 13.2. The smallest absolute Gasteiger partial charge is 0.250 e.